The molecule has 0 aliphatic carbocycles. The summed E-state index contributed by atoms with van der Waals surface area (Å²) in [6.45, 7) is 2.74. The number of Topliss-reactive ketones (excluding diaryl/α,β-unsaturated/α-hetero) is 1. The Kier molecular flexibility index (Phi) is 5.67. The Morgan fingerprint density at radius 3 is 2.62 bits per heavy atom. The summed E-state index contributed by atoms with van der Waals surface area (Å²) in [4.78, 5) is 36.5. The van der Waals surface area contributed by atoms with Crippen molar-refractivity contribution in [2.45, 2.75) is 25.9 Å². The number of rotatable bonds is 6. The van der Waals surface area contributed by atoms with E-state index in [9.17, 15) is 14.7 Å². The molecule has 0 bridgehead atoms. The van der Waals surface area contributed by atoms with Gasteiger partial charge in [-0.25, -0.2) is 9.97 Å². The zero-order valence-electron chi connectivity index (χ0n) is 18.4. The third-order valence-corrected chi connectivity index (χ3v) is 6.28. The summed E-state index contributed by atoms with van der Waals surface area (Å²) >= 11 is 6.09. The minimum atomic E-state index is -0.742. The minimum Gasteiger partial charge on any atom is -0.505 e. The molecule has 172 valence electrons. The maximum absolute atomic E-state index is 13.3. The highest BCUT2D eigenvalue weighted by Crippen LogP contribution is 2.40. The highest BCUT2D eigenvalue weighted by molar-refractivity contribution is 6.46. The molecule has 3 aromatic heterocycles. The molecule has 1 saturated heterocycles. The van der Waals surface area contributed by atoms with Gasteiger partial charge in [-0.1, -0.05) is 29.8 Å². The summed E-state index contributed by atoms with van der Waals surface area (Å²) < 4.78 is 3.63. The van der Waals surface area contributed by atoms with E-state index in [2.05, 4.69) is 9.97 Å². The zero-order valence-corrected chi connectivity index (χ0v) is 19.2. The number of aliphatic hydroxyl groups excluding tert-OH is 1. The highest BCUT2D eigenvalue weighted by atomic mass is 35.5. The van der Waals surface area contributed by atoms with E-state index in [0.29, 0.717) is 47.1 Å². The fourth-order valence-corrected chi connectivity index (χ4v) is 4.60. The maximum Gasteiger partial charge on any atom is 0.295 e. The van der Waals surface area contributed by atoms with Crippen molar-refractivity contribution >= 4 is 34.7 Å². The number of hydrogen-bond donors (Lipinski definition) is 1. The summed E-state index contributed by atoms with van der Waals surface area (Å²) in [5.41, 5.74) is 2.33. The Hall–Kier alpha value is -3.91. The summed E-state index contributed by atoms with van der Waals surface area (Å²) in [5, 5.41) is 12.0. The fraction of sp³-hybridized carbons (Fsp3) is 0.200. The Labute approximate surface area is 200 Å². The third kappa shape index (κ3) is 3.76. The van der Waals surface area contributed by atoms with Crippen LogP contribution in [0, 0.1) is 6.92 Å². The summed E-state index contributed by atoms with van der Waals surface area (Å²) in [6.07, 6.45) is 7.62. The van der Waals surface area contributed by atoms with Gasteiger partial charge in [0.1, 0.15) is 11.3 Å². The number of pyridine rings is 1. The number of amides is 1. The van der Waals surface area contributed by atoms with Crippen LogP contribution in [0.5, 0.6) is 0 Å². The van der Waals surface area contributed by atoms with Gasteiger partial charge in [-0.3, -0.25) is 14.0 Å². The Bertz CT molecular complexity index is 1410. The van der Waals surface area contributed by atoms with Crippen LogP contribution in [-0.4, -0.2) is 47.2 Å². The zero-order chi connectivity index (χ0) is 23.8. The third-order valence-electron chi connectivity index (χ3n) is 6.03. The van der Waals surface area contributed by atoms with E-state index in [0.717, 1.165) is 0 Å². The number of aryl methyl sites for hydroxylation is 2. The van der Waals surface area contributed by atoms with Crippen LogP contribution in [0.25, 0.3) is 11.4 Å². The smallest absolute Gasteiger partial charge is 0.295 e. The molecule has 1 fully saturated rings. The van der Waals surface area contributed by atoms with Crippen LogP contribution in [-0.2, 0) is 16.1 Å². The van der Waals surface area contributed by atoms with Crippen LogP contribution in [0.15, 0.2) is 73.0 Å². The van der Waals surface area contributed by atoms with Gasteiger partial charge in [0.2, 0.25) is 0 Å². The number of likely N-dealkylation sites (tertiary alicyclic amines) is 1. The second-order valence-corrected chi connectivity index (χ2v) is 8.61. The molecule has 0 spiro atoms. The maximum atomic E-state index is 13.3. The largest absolute Gasteiger partial charge is 0.505 e. The molecule has 1 aliphatic rings. The number of benzene rings is 1. The van der Waals surface area contributed by atoms with E-state index < -0.39 is 17.7 Å². The second kappa shape index (κ2) is 8.79. The first-order valence-corrected chi connectivity index (χ1v) is 11.3. The van der Waals surface area contributed by atoms with Gasteiger partial charge in [0.15, 0.2) is 5.76 Å². The molecule has 1 aromatic carbocycles. The standard InChI is InChI=1S/C25H22ClN5O3/c1-16-21(30-12-3-2-5-19(30)28-16)23(32)20-22(17-6-8-18(26)9-7-17)31(25(34)24(20)33)13-4-11-29-14-10-27-15-29/h2-3,5-10,12,14-15,22,32H,4,11,13H2,1H3. The topological polar surface area (TPSA) is 92.7 Å². The molecule has 8 nitrogen and oxygen atoms in total. The quantitative estimate of drug-likeness (QED) is 0.258. The molecule has 34 heavy (non-hydrogen) atoms. The molecule has 4 heterocycles. The SMILES string of the molecule is Cc1nc2ccccn2c1C(O)=C1C(=O)C(=O)N(CCCn2ccnc2)C1c1ccc(Cl)cc1. The second-order valence-electron chi connectivity index (χ2n) is 8.17. The highest BCUT2D eigenvalue weighted by Gasteiger charge is 2.46. The first-order valence-electron chi connectivity index (χ1n) is 10.9. The lowest BCUT2D eigenvalue weighted by molar-refractivity contribution is -0.139. The van der Waals surface area contributed by atoms with Crippen LogP contribution in [0.3, 0.4) is 0 Å². The monoisotopic (exact) mass is 475 g/mol. The van der Waals surface area contributed by atoms with Crippen molar-refractivity contribution in [1.29, 1.82) is 0 Å². The van der Waals surface area contributed by atoms with Gasteiger partial charge in [0.25, 0.3) is 11.7 Å². The molecule has 0 radical (unpaired) electrons. The molecular formula is C25H22ClN5O3. The Balaban J connectivity index is 1.60. The fourth-order valence-electron chi connectivity index (χ4n) is 4.47. The predicted octanol–water partition coefficient (Wildman–Crippen LogP) is 4.00. The van der Waals surface area contributed by atoms with E-state index in [1.165, 1.54) is 4.90 Å². The van der Waals surface area contributed by atoms with Crippen LogP contribution in [0.1, 0.15) is 29.4 Å². The van der Waals surface area contributed by atoms with Gasteiger partial charge in [-0.2, -0.15) is 0 Å². The van der Waals surface area contributed by atoms with Gasteiger partial charge >= 0.3 is 0 Å². The van der Waals surface area contributed by atoms with Crippen LogP contribution >= 0.6 is 11.6 Å². The molecule has 5 rings (SSSR count). The van der Waals surface area contributed by atoms with Crippen molar-refractivity contribution in [3.05, 3.63) is 94.9 Å². The van der Waals surface area contributed by atoms with Crippen LogP contribution < -0.4 is 0 Å². The Morgan fingerprint density at radius 2 is 1.88 bits per heavy atom. The van der Waals surface area contributed by atoms with Gasteiger partial charge in [-0.05, 0) is 43.2 Å². The number of carbonyl (C=O) groups excluding carboxylic acids is 2. The number of nitrogens with zero attached hydrogens (tertiary/aromatic N) is 5. The molecule has 9 heteroatoms. The number of fused-ring (bicyclic) bond motifs is 1. The van der Waals surface area contributed by atoms with E-state index in [1.54, 1.807) is 54.3 Å². The molecule has 0 saturated carbocycles. The van der Waals surface area contributed by atoms with Crippen LogP contribution in [0.4, 0.5) is 0 Å². The molecular weight excluding hydrogens is 454 g/mol. The summed E-state index contributed by atoms with van der Waals surface area (Å²) in [5.74, 6) is -1.60. The molecule has 4 aromatic rings. The van der Waals surface area contributed by atoms with E-state index >= 15 is 0 Å². The van der Waals surface area contributed by atoms with Crippen molar-refractivity contribution < 1.29 is 14.7 Å². The van der Waals surface area contributed by atoms with Gasteiger partial charge in [-0.15, -0.1) is 0 Å². The number of halogens is 1. The lowest BCUT2D eigenvalue weighted by Gasteiger charge is -2.25. The average Bonchev–Trinajstić information content (AvgIpc) is 3.52. The van der Waals surface area contributed by atoms with Crippen molar-refractivity contribution in [2.24, 2.45) is 0 Å². The molecule has 1 N–H and O–H groups in total. The number of imidazole rings is 2. The number of aromatic nitrogens is 4. The normalized spacial score (nSPS) is 17.7. The molecule has 1 aliphatic heterocycles. The molecule has 1 atom stereocenters. The summed E-state index contributed by atoms with van der Waals surface area (Å²) in [6, 6.07) is 11.7. The average molecular weight is 476 g/mol. The van der Waals surface area contributed by atoms with Gasteiger partial charge < -0.3 is 14.6 Å². The van der Waals surface area contributed by atoms with E-state index in [-0.39, 0.29) is 11.3 Å². The van der Waals surface area contributed by atoms with Gasteiger partial charge in [0.05, 0.1) is 23.6 Å². The van der Waals surface area contributed by atoms with Crippen molar-refractivity contribution in [3.63, 3.8) is 0 Å². The van der Waals surface area contributed by atoms with Crippen molar-refractivity contribution in [1.82, 2.24) is 23.8 Å². The summed E-state index contributed by atoms with van der Waals surface area (Å²) in [7, 11) is 0. The van der Waals surface area contributed by atoms with Crippen LogP contribution in [0.2, 0.25) is 5.02 Å². The number of ketones is 1. The van der Waals surface area contributed by atoms with Crippen molar-refractivity contribution in [3.8, 4) is 0 Å². The number of aliphatic hydroxyl groups is 1. The molecule has 1 unspecified atom stereocenters. The van der Waals surface area contributed by atoms with E-state index in [1.807, 2.05) is 29.0 Å². The Morgan fingerprint density at radius 1 is 1.09 bits per heavy atom. The molecule has 1 amide bonds. The minimum absolute atomic E-state index is 0.0451. The van der Waals surface area contributed by atoms with Gasteiger partial charge in [0, 0.05) is 36.7 Å². The first kappa shape index (κ1) is 21.9. The van der Waals surface area contributed by atoms with Crippen molar-refractivity contribution in [2.75, 3.05) is 6.54 Å². The number of carbonyl (C=O) groups is 2. The first-order chi connectivity index (χ1) is 16.5. The van der Waals surface area contributed by atoms with E-state index in [4.69, 9.17) is 11.6 Å². The lowest BCUT2D eigenvalue weighted by atomic mass is 9.96. The number of hydrogen-bond acceptors (Lipinski definition) is 5. The predicted molar refractivity (Wildman–Crippen MR) is 127 cm³/mol. The lowest BCUT2D eigenvalue weighted by Crippen LogP contribution is -2.31.